The summed E-state index contributed by atoms with van der Waals surface area (Å²) in [7, 11) is 6.23. The third kappa shape index (κ3) is 4.55. The second kappa shape index (κ2) is 8.53. The fourth-order valence-electron chi connectivity index (χ4n) is 2.87. The fraction of sp³-hybridized carbons (Fsp3) is 0.263. The van der Waals surface area contributed by atoms with Crippen molar-refractivity contribution < 1.29 is 0 Å². The molecule has 0 saturated carbocycles. The van der Waals surface area contributed by atoms with Crippen LogP contribution in [0.2, 0.25) is 0 Å². The Balaban J connectivity index is 1.96. The van der Waals surface area contributed by atoms with E-state index < -0.39 is 0 Å². The van der Waals surface area contributed by atoms with E-state index in [-0.39, 0.29) is 0 Å². The van der Waals surface area contributed by atoms with Gasteiger partial charge in [0.15, 0.2) is 5.82 Å². The molecule has 134 valence electrons. The van der Waals surface area contributed by atoms with E-state index in [2.05, 4.69) is 37.0 Å². The number of aromatic nitrogens is 3. The molecule has 5 nitrogen and oxygen atoms in total. The number of benzene rings is 2. The van der Waals surface area contributed by atoms with Gasteiger partial charge in [-0.15, -0.1) is 5.10 Å². The summed E-state index contributed by atoms with van der Waals surface area (Å²) in [5.74, 6) is 1.78. The molecule has 0 aliphatic heterocycles. The molecule has 7 heteroatoms. The van der Waals surface area contributed by atoms with Crippen molar-refractivity contribution in [3.05, 3.63) is 71.3 Å². The van der Waals surface area contributed by atoms with Crippen molar-refractivity contribution >= 4 is 19.8 Å². The molecule has 3 aromatic rings. The minimum Gasteiger partial charge on any atom is -0.302 e. The lowest BCUT2D eigenvalue weighted by Crippen LogP contribution is -2.12. The van der Waals surface area contributed by atoms with Crippen LogP contribution in [0.1, 0.15) is 22.8 Å². The van der Waals surface area contributed by atoms with Gasteiger partial charge in [0.2, 0.25) is 0 Å². The van der Waals surface area contributed by atoms with Gasteiger partial charge in [0.05, 0.1) is 12.2 Å². The van der Waals surface area contributed by atoms with Crippen LogP contribution in [-0.2, 0) is 19.3 Å². The van der Waals surface area contributed by atoms with E-state index >= 15 is 0 Å². The molecule has 0 aliphatic carbocycles. The first-order chi connectivity index (χ1) is 12.6. The Hall–Kier alpha value is -2.09. The molecule has 0 aliphatic rings. The van der Waals surface area contributed by atoms with Gasteiger partial charge in [0.25, 0.3) is 0 Å². The van der Waals surface area contributed by atoms with Crippen molar-refractivity contribution in [2.24, 2.45) is 5.14 Å². The highest BCUT2D eigenvalue weighted by molar-refractivity contribution is 7.97. The third-order valence-corrected chi connectivity index (χ3v) is 4.70. The predicted octanol–water partition coefficient (Wildman–Crippen LogP) is 2.02. The van der Waals surface area contributed by atoms with Crippen molar-refractivity contribution in [3.8, 4) is 5.69 Å². The molecule has 0 radical (unpaired) electrons. The number of rotatable bonds is 7. The van der Waals surface area contributed by atoms with Gasteiger partial charge in [-0.2, -0.15) is 0 Å². The highest BCUT2D eigenvalue weighted by Crippen LogP contribution is 2.18. The zero-order valence-electron chi connectivity index (χ0n) is 15.5. The zero-order chi connectivity index (χ0) is 18.5. The second-order valence-corrected chi connectivity index (χ2v) is 7.26. The SMILES string of the molecule is BCc1cccc(Cc2nc(CN(C)C)nn2-c2ccc(SN)cc2)c1. The lowest BCUT2D eigenvalue weighted by atomic mass is 9.95. The standard InChI is InChI=1S/C19H24BN5S/c1-24(2)13-18-22-19(11-14-4-3-5-15(10-14)12-20)25(23-18)16-6-8-17(26-21)9-7-16/h3-10H,11-13,20-21H2,1-2H3. The number of nitrogens with zero attached hydrogens (tertiary/aromatic N) is 4. The molecule has 0 amide bonds. The molecule has 0 spiro atoms. The van der Waals surface area contributed by atoms with Crippen LogP contribution in [0, 0.1) is 0 Å². The molecule has 2 aromatic carbocycles. The van der Waals surface area contributed by atoms with Crippen LogP contribution in [-0.4, -0.2) is 41.6 Å². The first kappa shape index (κ1) is 18.7. The first-order valence-electron chi connectivity index (χ1n) is 8.73. The van der Waals surface area contributed by atoms with Crippen LogP contribution in [0.5, 0.6) is 0 Å². The molecule has 0 fully saturated rings. The van der Waals surface area contributed by atoms with Crippen LogP contribution in [0.25, 0.3) is 5.69 Å². The average molecular weight is 365 g/mol. The van der Waals surface area contributed by atoms with Crippen LogP contribution in [0.4, 0.5) is 0 Å². The second-order valence-electron chi connectivity index (χ2n) is 6.56. The summed E-state index contributed by atoms with van der Waals surface area (Å²) in [5, 5.41) is 10.4. The zero-order valence-corrected chi connectivity index (χ0v) is 16.3. The van der Waals surface area contributed by atoms with E-state index in [4.69, 9.17) is 15.2 Å². The minimum atomic E-state index is 0.714. The predicted molar refractivity (Wildman–Crippen MR) is 110 cm³/mol. The van der Waals surface area contributed by atoms with Crippen molar-refractivity contribution in [1.29, 1.82) is 0 Å². The molecule has 26 heavy (non-hydrogen) atoms. The Labute approximate surface area is 160 Å². The van der Waals surface area contributed by atoms with Crippen molar-refractivity contribution in [1.82, 2.24) is 19.7 Å². The van der Waals surface area contributed by atoms with Crippen LogP contribution in [0.15, 0.2) is 53.4 Å². The Kier molecular flexibility index (Phi) is 6.14. The highest BCUT2D eigenvalue weighted by atomic mass is 32.2. The van der Waals surface area contributed by atoms with E-state index in [9.17, 15) is 0 Å². The third-order valence-electron chi connectivity index (χ3n) is 4.15. The normalized spacial score (nSPS) is 11.2. The van der Waals surface area contributed by atoms with Crippen molar-refractivity contribution in [2.75, 3.05) is 14.1 Å². The first-order valence-corrected chi connectivity index (χ1v) is 9.61. The Bertz CT molecular complexity index is 861. The molecule has 2 N–H and O–H groups in total. The molecule has 0 unspecified atom stereocenters. The summed E-state index contributed by atoms with van der Waals surface area (Å²) in [6.45, 7) is 0.714. The Morgan fingerprint density at radius 1 is 1.12 bits per heavy atom. The molecule has 0 bridgehead atoms. The summed E-state index contributed by atoms with van der Waals surface area (Å²) in [6, 6.07) is 16.8. The minimum absolute atomic E-state index is 0.714. The molecule has 1 heterocycles. The van der Waals surface area contributed by atoms with Gasteiger partial charge in [-0.3, -0.25) is 5.14 Å². The largest absolute Gasteiger partial charge is 0.302 e. The van der Waals surface area contributed by atoms with E-state index in [0.29, 0.717) is 6.54 Å². The van der Waals surface area contributed by atoms with Gasteiger partial charge in [-0.05, 0) is 55.9 Å². The fourth-order valence-corrected chi connectivity index (χ4v) is 3.16. The molecule has 3 rings (SSSR count). The van der Waals surface area contributed by atoms with Crippen molar-refractivity contribution in [3.63, 3.8) is 0 Å². The topological polar surface area (TPSA) is 60.0 Å². The van der Waals surface area contributed by atoms with Gasteiger partial charge in [0.1, 0.15) is 13.7 Å². The number of hydrogen-bond acceptors (Lipinski definition) is 5. The summed E-state index contributed by atoms with van der Waals surface area (Å²) in [4.78, 5) is 7.91. The van der Waals surface area contributed by atoms with Crippen molar-refractivity contribution in [2.45, 2.75) is 24.2 Å². The lowest BCUT2D eigenvalue weighted by molar-refractivity contribution is 0.390. The number of hydrogen-bond donors (Lipinski definition) is 1. The molecule has 1 aromatic heterocycles. The monoisotopic (exact) mass is 365 g/mol. The van der Waals surface area contributed by atoms with E-state index in [0.717, 1.165) is 35.0 Å². The Morgan fingerprint density at radius 3 is 2.50 bits per heavy atom. The maximum absolute atomic E-state index is 5.63. The van der Waals surface area contributed by atoms with E-state index in [1.54, 1.807) is 0 Å². The summed E-state index contributed by atoms with van der Waals surface area (Å²) in [5.41, 5.74) is 3.59. The maximum atomic E-state index is 5.63. The number of nitrogens with two attached hydrogens (primary N) is 1. The van der Waals surface area contributed by atoms with E-state index in [1.165, 1.54) is 23.1 Å². The van der Waals surface area contributed by atoms with Gasteiger partial charge in [-0.25, -0.2) is 9.67 Å². The quantitative estimate of drug-likeness (QED) is 0.513. The van der Waals surface area contributed by atoms with Crippen LogP contribution < -0.4 is 5.14 Å². The lowest BCUT2D eigenvalue weighted by Gasteiger charge is -2.08. The highest BCUT2D eigenvalue weighted by Gasteiger charge is 2.13. The smallest absolute Gasteiger partial charge is 0.165 e. The summed E-state index contributed by atoms with van der Waals surface area (Å²) in [6.07, 6.45) is 1.78. The Morgan fingerprint density at radius 2 is 1.85 bits per heavy atom. The van der Waals surface area contributed by atoms with Gasteiger partial charge in [-0.1, -0.05) is 36.1 Å². The summed E-state index contributed by atoms with van der Waals surface area (Å²) < 4.78 is 1.95. The average Bonchev–Trinajstić information content (AvgIpc) is 3.03. The molecular formula is C19H24BN5S. The van der Waals surface area contributed by atoms with Crippen LogP contribution in [0.3, 0.4) is 0 Å². The van der Waals surface area contributed by atoms with Gasteiger partial charge < -0.3 is 4.90 Å². The van der Waals surface area contributed by atoms with E-state index in [1.807, 2.05) is 43.0 Å². The molecule has 0 saturated heterocycles. The van der Waals surface area contributed by atoms with Gasteiger partial charge >= 0.3 is 0 Å². The molecule has 0 atom stereocenters. The van der Waals surface area contributed by atoms with Gasteiger partial charge in [0, 0.05) is 11.3 Å². The molecular weight excluding hydrogens is 341 g/mol. The maximum Gasteiger partial charge on any atom is 0.165 e. The summed E-state index contributed by atoms with van der Waals surface area (Å²) >= 11 is 1.25. The van der Waals surface area contributed by atoms with Crippen LogP contribution >= 0.6 is 11.9 Å².